The normalized spacial score (nSPS) is 15.2. The van der Waals surface area contributed by atoms with Crippen molar-refractivity contribution in [1.29, 1.82) is 0 Å². The summed E-state index contributed by atoms with van der Waals surface area (Å²) in [4.78, 5) is 15.4. The standard InChI is InChI=1S/C9H10N2O/c1-6-4-8-7(5-11-6)2-3-10-9(8)12/h4-5H,2-3H2,1H3,(H,10,12). The summed E-state index contributed by atoms with van der Waals surface area (Å²) in [6, 6.07) is 1.84. The smallest absolute Gasteiger partial charge is 0.251 e. The molecule has 0 spiro atoms. The van der Waals surface area contributed by atoms with E-state index in [4.69, 9.17) is 0 Å². The molecule has 3 nitrogen and oxygen atoms in total. The highest BCUT2D eigenvalue weighted by atomic mass is 16.1. The van der Waals surface area contributed by atoms with E-state index in [1.54, 1.807) is 6.20 Å². The fourth-order valence-electron chi connectivity index (χ4n) is 1.40. The van der Waals surface area contributed by atoms with Crippen LogP contribution in [0.2, 0.25) is 0 Å². The van der Waals surface area contributed by atoms with Crippen molar-refractivity contribution in [3.05, 3.63) is 29.1 Å². The number of carbonyl (C=O) groups excluding carboxylic acids is 1. The molecule has 0 unspecified atom stereocenters. The third kappa shape index (κ3) is 1.07. The first-order valence-electron chi connectivity index (χ1n) is 4.01. The summed E-state index contributed by atoms with van der Waals surface area (Å²) in [5.74, 6) is 0.0294. The van der Waals surface area contributed by atoms with E-state index in [0.717, 1.165) is 29.8 Å². The minimum atomic E-state index is 0.0294. The van der Waals surface area contributed by atoms with E-state index in [1.807, 2.05) is 13.0 Å². The number of aryl methyl sites for hydroxylation is 1. The zero-order valence-electron chi connectivity index (χ0n) is 6.92. The summed E-state index contributed by atoms with van der Waals surface area (Å²) in [5.41, 5.74) is 2.74. The molecule has 0 fully saturated rings. The summed E-state index contributed by atoms with van der Waals surface area (Å²) in [7, 11) is 0. The summed E-state index contributed by atoms with van der Waals surface area (Å²) < 4.78 is 0. The molecule has 0 saturated carbocycles. The third-order valence-corrected chi connectivity index (χ3v) is 2.05. The van der Waals surface area contributed by atoms with Gasteiger partial charge in [0.25, 0.3) is 5.91 Å². The Hall–Kier alpha value is -1.38. The van der Waals surface area contributed by atoms with E-state index in [0.29, 0.717) is 0 Å². The van der Waals surface area contributed by atoms with Gasteiger partial charge in [-0.05, 0) is 25.0 Å². The molecule has 1 N–H and O–H groups in total. The van der Waals surface area contributed by atoms with Crippen LogP contribution in [0.5, 0.6) is 0 Å². The molecular formula is C9H10N2O. The molecule has 0 aliphatic carbocycles. The van der Waals surface area contributed by atoms with Crippen LogP contribution in [0.1, 0.15) is 21.6 Å². The van der Waals surface area contributed by atoms with Gasteiger partial charge in [0, 0.05) is 24.0 Å². The highest BCUT2D eigenvalue weighted by molar-refractivity contribution is 5.96. The molecule has 3 heteroatoms. The molecule has 0 atom stereocenters. The van der Waals surface area contributed by atoms with Crippen molar-refractivity contribution < 1.29 is 4.79 Å². The van der Waals surface area contributed by atoms with E-state index in [1.165, 1.54) is 0 Å². The first-order chi connectivity index (χ1) is 5.77. The number of carbonyl (C=O) groups is 1. The van der Waals surface area contributed by atoms with E-state index in [-0.39, 0.29) is 5.91 Å². The number of nitrogens with one attached hydrogen (secondary N) is 1. The number of hydrogen-bond donors (Lipinski definition) is 1. The Morgan fingerprint density at radius 2 is 2.42 bits per heavy atom. The maximum absolute atomic E-state index is 11.3. The molecule has 0 saturated heterocycles. The molecule has 0 bridgehead atoms. The number of rotatable bonds is 0. The molecule has 0 aromatic carbocycles. The maximum Gasteiger partial charge on any atom is 0.251 e. The quantitative estimate of drug-likeness (QED) is 0.609. The second kappa shape index (κ2) is 2.59. The molecule has 2 rings (SSSR count). The van der Waals surface area contributed by atoms with Gasteiger partial charge in [-0.25, -0.2) is 0 Å². The van der Waals surface area contributed by atoms with Gasteiger partial charge in [-0.2, -0.15) is 0 Å². The predicted octanol–water partition coefficient (Wildman–Crippen LogP) is 0.676. The van der Waals surface area contributed by atoms with Crippen LogP contribution >= 0.6 is 0 Å². The van der Waals surface area contributed by atoms with Gasteiger partial charge >= 0.3 is 0 Å². The molecule has 1 aliphatic rings. The Bertz CT molecular complexity index is 333. The minimum absolute atomic E-state index is 0.0294. The fourth-order valence-corrected chi connectivity index (χ4v) is 1.40. The largest absolute Gasteiger partial charge is 0.352 e. The first kappa shape index (κ1) is 7.28. The van der Waals surface area contributed by atoms with Gasteiger partial charge in [0.05, 0.1) is 0 Å². The monoisotopic (exact) mass is 162 g/mol. The first-order valence-corrected chi connectivity index (χ1v) is 4.01. The lowest BCUT2D eigenvalue weighted by Gasteiger charge is -2.15. The number of amides is 1. The van der Waals surface area contributed by atoms with E-state index in [9.17, 15) is 4.79 Å². The Balaban J connectivity index is 2.54. The van der Waals surface area contributed by atoms with Crippen molar-refractivity contribution in [1.82, 2.24) is 10.3 Å². The Morgan fingerprint density at radius 3 is 3.25 bits per heavy atom. The van der Waals surface area contributed by atoms with E-state index in [2.05, 4.69) is 10.3 Å². The van der Waals surface area contributed by atoms with Crippen LogP contribution < -0.4 is 5.32 Å². The lowest BCUT2D eigenvalue weighted by atomic mass is 10.0. The zero-order chi connectivity index (χ0) is 8.55. The van der Waals surface area contributed by atoms with Crippen molar-refractivity contribution in [3.8, 4) is 0 Å². The van der Waals surface area contributed by atoms with Crippen molar-refractivity contribution in [3.63, 3.8) is 0 Å². The number of fused-ring (bicyclic) bond motifs is 1. The fraction of sp³-hybridized carbons (Fsp3) is 0.333. The summed E-state index contributed by atoms with van der Waals surface area (Å²) >= 11 is 0. The maximum atomic E-state index is 11.3. The van der Waals surface area contributed by atoms with Crippen LogP contribution in [0.15, 0.2) is 12.3 Å². The van der Waals surface area contributed by atoms with Crippen molar-refractivity contribution in [2.45, 2.75) is 13.3 Å². The summed E-state index contributed by atoms with van der Waals surface area (Å²) in [5, 5.41) is 2.80. The number of hydrogen-bond acceptors (Lipinski definition) is 2. The lowest BCUT2D eigenvalue weighted by molar-refractivity contribution is 0.0945. The molecule has 1 amide bonds. The second-order valence-corrected chi connectivity index (χ2v) is 2.99. The molecule has 62 valence electrons. The Labute approximate surface area is 70.8 Å². The van der Waals surface area contributed by atoms with Crippen LogP contribution in [0.4, 0.5) is 0 Å². The van der Waals surface area contributed by atoms with Gasteiger partial charge in [-0.1, -0.05) is 0 Å². The van der Waals surface area contributed by atoms with Crippen LogP contribution in [0, 0.1) is 6.92 Å². The molecule has 1 aromatic heterocycles. The topological polar surface area (TPSA) is 42.0 Å². The van der Waals surface area contributed by atoms with E-state index >= 15 is 0 Å². The van der Waals surface area contributed by atoms with E-state index < -0.39 is 0 Å². The SMILES string of the molecule is Cc1cc2c(cn1)CCNC2=O. The number of pyridine rings is 1. The van der Waals surface area contributed by atoms with Crippen LogP contribution in [-0.4, -0.2) is 17.4 Å². The summed E-state index contributed by atoms with van der Waals surface area (Å²) in [6.45, 7) is 2.62. The highest BCUT2D eigenvalue weighted by Gasteiger charge is 2.16. The van der Waals surface area contributed by atoms with Gasteiger partial charge in [0.1, 0.15) is 0 Å². The molecule has 1 aromatic rings. The second-order valence-electron chi connectivity index (χ2n) is 2.99. The molecule has 1 aliphatic heterocycles. The van der Waals surface area contributed by atoms with Gasteiger partial charge < -0.3 is 5.32 Å². The van der Waals surface area contributed by atoms with Crippen LogP contribution in [-0.2, 0) is 6.42 Å². The molecular weight excluding hydrogens is 152 g/mol. The number of aromatic nitrogens is 1. The van der Waals surface area contributed by atoms with Crippen molar-refractivity contribution >= 4 is 5.91 Å². The van der Waals surface area contributed by atoms with Crippen molar-refractivity contribution in [2.75, 3.05) is 6.54 Å². The molecule has 12 heavy (non-hydrogen) atoms. The average Bonchev–Trinajstić information content (AvgIpc) is 2.07. The van der Waals surface area contributed by atoms with Crippen LogP contribution in [0.25, 0.3) is 0 Å². The minimum Gasteiger partial charge on any atom is -0.352 e. The molecule has 0 radical (unpaired) electrons. The Morgan fingerprint density at radius 1 is 1.58 bits per heavy atom. The molecule has 2 heterocycles. The third-order valence-electron chi connectivity index (χ3n) is 2.05. The summed E-state index contributed by atoms with van der Waals surface area (Å²) in [6.07, 6.45) is 2.69. The van der Waals surface area contributed by atoms with Crippen molar-refractivity contribution in [2.24, 2.45) is 0 Å². The lowest BCUT2D eigenvalue weighted by Crippen LogP contribution is -2.31. The number of nitrogens with zero attached hydrogens (tertiary/aromatic N) is 1. The predicted molar refractivity (Wildman–Crippen MR) is 45.0 cm³/mol. The zero-order valence-corrected chi connectivity index (χ0v) is 6.92. The van der Waals surface area contributed by atoms with Gasteiger partial charge in [0.15, 0.2) is 0 Å². The highest BCUT2D eigenvalue weighted by Crippen LogP contribution is 2.12. The van der Waals surface area contributed by atoms with Crippen LogP contribution in [0.3, 0.4) is 0 Å². The van der Waals surface area contributed by atoms with Gasteiger partial charge in [-0.15, -0.1) is 0 Å². The van der Waals surface area contributed by atoms with Gasteiger partial charge in [0.2, 0.25) is 0 Å². The van der Waals surface area contributed by atoms with Gasteiger partial charge in [-0.3, -0.25) is 9.78 Å². The average molecular weight is 162 g/mol. The Kier molecular flexibility index (Phi) is 1.57.